The predicted octanol–water partition coefficient (Wildman–Crippen LogP) is 3.12. The Morgan fingerprint density at radius 3 is 2.88 bits per heavy atom. The van der Waals surface area contributed by atoms with Gasteiger partial charge in [0.1, 0.15) is 0 Å². The molecule has 1 aromatic heterocycles. The van der Waals surface area contributed by atoms with Crippen molar-refractivity contribution < 1.29 is 14.2 Å². The maximum absolute atomic E-state index is 5.88. The van der Waals surface area contributed by atoms with E-state index in [0.29, 0.717) is 12.9 Å². The molecule has 0 saturated carbocycles. The summed E-state index contributed by atoms with van der Waals surface area (Å²) in [6.45, 7) is 9.04. The second-order valence-electron chi connectivity index (χ2n) is 7.06. The van der Waals surface area contributed by atoms with E-state index in [-0.39, 0.29) is 0 Å². The Morgan fingerprint density at radius 2 is 2.12 bits per heavy atom. The summed E-state index contributed by atoms with van der Waals surface area (Å²) in [4.78, 5) is 2.46. The van der Waals surface area contributed by atoms with Gasteiger partial charge in [-0.2, -0.15) is 5.10 Å². The summed E-state index contributed by atoms with van der Waals surface area (Å²) in [7, 11) is 0. The fourth-order valence-electron chi connectivity index (χ4n) is 3.76. The van der Waals surface area contributed by atoms with Crippen LogP contribution in [-0.4, -0.2) is 40.7 Å². The van der Waals surface area contributed by atoms with Gasteiger partial charge in [-0.15, -0.1) is 0 Å². The highest BCUT2D eigenvalue weighted by atomic mass is 16.7. The lowest BCUT2D eigenvalue weighted by Gasteiger charge is -2.25. The van der Waals surface area contributed by atoms with Gasteiger partial charge in [0.2, 0.25) is 6.79 Å². The average Bonchev–Trinajstić information content (AvgIpc) is 3.37. The van der Waals surface area contributed by atoms with Gasteiger partial charge < -0.3 is 14.2 Å². The van der Waals surface area contributed by atoms with Crippen LogP contribution in [0.5, 0.6) is 11.5 Å². The first kappa shape index (κ1) is 17.4. The quantitative estimate of drug-likeness (QED) is 0.762. The highest BCUT2D eigenvalue weighted by Crippen LogP contribution is 2.33. The third kappa shape index (κ3) is 3.71. The summed E-state index contributed by atoms with van der Waals surface area (Å²) in [5, 5.41) is 4.50. The smallest absolute Gasteiger partial charge is 0.231 e. The summed E-state index contributed by atoms with van der Waals surface area (Å²) < 4.78 is 18.9. The minimum absolute atomic E-state index is 0.313. The van der Waals surface area contributed by atoms with Gasteiger partial charge in [0, 0.05) is 44.0 Å². The second-order valence-corrected chi connectivity index (χ2v) is 7.06. The third-order valence-electron chi connectivity index (χ3n) is 5.23. The molecule has 4 rings (SSSR count). The average molecular weight is 357 g/mol. The molecule has 2 aliphatic heterocycles. The van der Waals surface area contributed by atoms with Gasteiger partial charge in [0.25, 0.3) is 0 Å². The fourth-order valence-corrected chi connectivity index (χ4v) is 3.76. The van der Waals surface area contributed by atoms with Crippen LogP contribution in [0.4, 0.5) is 0 Å². The highest BCUT2D eigenvalue weighted by Gasteiger charge is 2.22. The molecule has 3 heterocycles. The molecule has 26 heavy (non-hydrogen) atoms. The fraction of sp³-hybridized carbons (Fsp3) is 0.550. The molecule has 1 saturated heterocycles. The number of ether oxygens (including phenoxy) is 3. The number of aromatic nitrogens is 2. The number of nitrogens with zero attached hydrogens (tertiary/aromatic N) is 3. The molecule has 2 aromatic rings. The molecule has 1 fully saturated rings. The largest absolute Gasteiger partial charge is 0.454 e. The van der Waals surface area contributed by atoms with E-state index in [0.717, 1.165) is 57.1 Å². The topological polar surface area (TPSA) is 48.8 Å². The van der Waals surface area contributed by atoms with Crippen LogP contribution in [0, 0.1) is 6.92 Å². The lowest BCUT2D eigenvalue weighted by atomic mass is 10.1. The molecule has 2 aliphatic rings. The Balaban J connectivity index is 1.50. The number of hydrogen-bond donors (Lipinski definition) is 0. The SMILES string of the molecule is CCn1ncc(CN(Cc2ccc3c(c2)OCO3)C[C@H]2CCCO2)c1C. The van der Waals surface area contributed by atoms with Crippen molar-refractivity contribution in [2.45, 2.75) is 52.4 Å². The van der Waals surface area contributed by atoms with Crippen LogP contribution in [0.3, 0.4) is 0 Å². The summed E-state index contributed by atoms with van der Waals surface area (Å²) in [5.74, 6) is 1.68. The number of hydrogen-bond acceptors (Lipinski definition) is 5. The minimum atomic E-state index is 0.313. The summed E-state index contributed by atoms with van der Waals surface area (Å²) in [6.07, 6.45) is 4.63. The van der Waals surface area contributed by atoms with Crippen molar-refractivity contribution in [3.05, 3.63) is 41.2 Å². The maximum Gasteiger partial charge on any atom is 0.231 e. The van der Waals surface area contributed by atoms with E-state index in [1.807, 2.05) is 12.3 Å². The standard InChI is InChI=1S/C20H27N3O3/c1-3-23-15(2)17(10-21-23)12-22(13-18-5-4-8-24-18)11-16-6-7-19-20(9-16)26-14-25-19/h6-7,9-10,18H,3-5,8,11-14H2,1-2H3/t18-/m1/s1. The molecule has 0 N–H and O–H groups in total. The first-order chi connectivity index (χ1) is 12.7. The lowest BCUT2D eigenvalue weighted by Crippen LogP contribution is -2.31. The lowest BCUT2D eigenvalue weighted by molar-refractivity contribution is 0.0678. The number of benzene rings is 1. The van der Waals surface area contributed by atoms with E-state index < -0.39 is 0 Å². The van der Waals surface area contributed by atoms with Gasteiger partial charge in [0.05, 0.1) is 12.3 Å². The molecule has 1 atom stereocenters. The van der Waals surface area contributed by atoms with Gasteiger partial charge in [-0.25, -0.2) is 0 Å². The molecule has 0 amide bonds. The molecule has 6 heteroatoms. The molecule has 6 nitrogen and oxygen atoms in total. The summed E-state index contributed by atoms with van der Waals surface area (Å²) in [6, 6.07) is 6.22. The van der Waals surface area contributed by atoms with Crippen LogP contribution in [-0.2, 0) is 24.4 Å². The first-order valence-electron chi connectivity index (χ1n) is 9.46. The Hall–Kier alpha value is -2.05. The van der Waals surface area contributed by atoms with Crippen molar-refractivity contribution >= 4 is 0 Å². The second kappa shape index (κ2) is 7.68. The Kier molecular flexibility index (Phi) is 5.13. The van der Waals surface area contributed by atoms with Gasteiger partial charge in [-0.3, -0.25) is 9.58 Å². The normalized spacial score (nSPS) is 18.8. The van der Waals surface area contributed by atoms with Crippen molar-refractivity contribution in [2.75, 3.05) is 19.9 Å². The van der Waals surface area contributed by atoms with Crippen molar-refractivity contribution in [3.8, 4) is 11.5 Å². The molecule has 0 bridgehead atoms. The maximum atomic E-state index is 5.88. The Bertz CT molecular complexity index is 753. The predicted molar refractivity (Wildman–Crippen MR) is 98.3 cm³/mol. The van der Waals surface area contributed by atoms with Gasteiger partial charge in [-0.05, 0) is 44.4 Å². The van der Waals surface area contributed by atoms with E-state index >= 15 is 0 Å². The molecule has 140 valence electrons. The number of rotatable bonds is 7. The van der Waals surface area contributed by atoms with E-state index in [2.05, 4.69) is 40.7 Å². The van der Waals surface area contributed by atoms with E-state index in [1.54, 1.807) is 0 Å². The Morgan fingerprint density at radius 1 is 1.23 bits per heavy atom. The third-order valence-corrected chi connectivity index (χ3v) is 5.23. The van der Waals surface area contributed by atoms with Crippen molar-refractivity contribution in [2.24, 2.45) is 0 Å². The van der Waals surface area contributed by atoms with Crippen LogP contribution in [0.2, 0.25) is 0 Å². The van der Waals surface area contributed by atoms with Crippen LogP contribution < -0.4 is 9.47 Å². The zero-order chi connectivity index (χ0) is 17.9. The van der Waals surface area contributed by atoms with Crippen LogP contribution in [0.1, 0.15) is 36.6 Å². The summed E-state index contributed by atoms with van der Waals surface area (Å²) in [5.41, 5.74) is 3.76. The van der Waals surface area contributed by atoms with E-state index in [9.17, 15) is 0 Å². The van der Waals surface area contributed by atoms with Crippen molar-refractivity contribution in [1.29, 1.82) is 0 Å². The zero-order valence-corrected chi connectivity index (χ0v) is 15.6. The molecule has 0 radical (unpaired) electrons. The van der Waals surface area contributed by atoms with Crippen LogP contribution in [0.15, 0.2) is 24.4 Å². The van der Waals surface area contributed by atoms with E-state index in [1.165, 1.54) is 16.8 Å². The van der Waals surface area contributed by atoms with Crippen LogP contribution in [0.25, 0.3) is 0 Å². The minimum Gasteiger partial charge on any atom is -0.454 e. The number of aryl methyl sites for hydroxylation is 1. The molecular formula is C20H27N3O3. The number of fused-ring (bicyclic) bond motifs is 1. The van der Waals surface area contributed by atoms with Gasteiger partial charge in [-0.1, -0.05) is 6.07 Å². The monoisotopic (exact) mass is 357 g/mol. The first-order valence-corrected chi connectivity index (χ1v) is 9.46. The molecule has 1 aromatic carbocycles. The highest BCUT2D eigenvalue weighted by molar-refractivity contribution is 5.44. The molecule has 0 aliphatic carbocycles. The van der Waals surface area contributed by atoms with Crippen LogP contribution >= 0.6 is 0 Å². The molecule has 0 unspecified atom stereocenters. The van der Waals surface area contributed by atoms with Gasteiger partial charge >= 0.3 is 0 Å². The molecular weight excluding hydrogens is 330 g/mol. The van der Waals surface area contributed by atoms with Crippen molar-refractivity contribution in [1.82, 2.24) is 14.7 Å². The molecule has 0 spiro atoms. The van der Waals surface area contributed by atoms with E-state index in [4.69, 9.17) is 14.2 Å². The van der Waals surface area contributed by atoms with Crippen molar-refractivity contribution in [3.63, 3.8) is 0 Å². The van der Waals surface area contributed by atoms with Gasteiger partial charge in [0.15, 0.2) is 11.5 Å². The Labute approximate surface area is 154 Å². The zero-order valence-electron chi connectivity index (χ0n) is 15.6. The summed E-state index contributed by atoms with van der Waals surface area (Å²) >= 11 is 0.